The van der Waals surface area contributed by atoms with E-state index in [1.807, 2.05) is 24.8 Å². The Morgan fingerprint density at radius 3 is 2.68 bits per heavy atom. The molecule has 0 unspecified atom stereocenters. The number of fused-ring (bicyclic) bond motifs is 2. The summed E-state index contributed by atoms with van der Waals surface area (Å²) >= 11 is 0. The lowest BCUT2D eigenvalue weighted by atomic mass is 10.1. The molecular weight excluding hydrogens is 316 g/mol. The Hall–Kier alpha value is -2.08. The lowest BCUT2D eigenvalue weighted by Crippen LogP contribution is -2.41. The van der Waals surface area contributed by atoms with Gasteiger partial charge in [0.25, 0.3) is 5.91 Å². The Balaban J connectivity index is 1.64. The van der Waals surface area contributed by atoms with E-state index in [2.05, 4.69) is 22.6 Å². The van der Waals surface area contributed by atoms with Crippen molar-refractivity contribution in [2.24, 2.45) is 0 Å². The number of rotatable bonds is 3. The van der Waals surface area contributed by atoms with E-state index < -0.39 is 0 Å². The molecule has 136 valence electrons. The summed E-state index contributed by atoms with van der Waals surface area (Å²) in [4.78, 5) is 29.1. The molecule has 0 aromatic heterocycles. The molecule has 25 heavy (non-hydrogen) atoms. The third-order valence-corrected chi connectivity index (χ3v) is 5.23. The molecule has 0 saturated carbocycles. The fraction of sp³-hybridized carbons (Fsp3) is 0.579. The van der Waals surface area contributed by atoms with Gasteiger partial charge in [0, 0.05) is 42.5 Å². The minimum absolute atomic E-state index is 0.0789. The molecule has 6 nitrogen and oxygen atoms in total. The first-order valence-electron chi connectivity index (χ1n) is 9.13. The third kappa shape index (κ3) is 4.12. The standard InChI is InChI=1S/C19H28N4O2/c1-13(2)20-18(24)14-5-4-6-15(11-14)21-19(25)23-10-9-16-7-8-17(12-23)22(16)3/h4-6,11,13,16-17H,7-10,12H2,1-3H3,(H,20,24)(H,21,25)/t16-,17+/m0/s1. The molecule has 1 aromatic rings. The number of benzene rings is 1. The van der Waals surface area contributed by atoms with Crippen molar-refractivity contribution in [1.29, 1.82) is 0 Å². The molecule has 3 rings (SSSR count). The maximum atomic E-state index is 12.7. The van der Waals surface area contributed by atoms with Crippen LogP contribution in [0.3, 0.4) is 0 Å². The Labute approximate surface area is 149 Å². The zero-order chi connectivity index (χ0) is 18.0. The lowest BCUT2D eigenvalue weighted by molar-refractivity contribution is 0.0943. The quantitative estimate of drug-likeness (QED) is 0.886. The Kier molecular flexibility index (Phi) is 5.27. The number of amides is 3. The highest BCUT2D eigenvalue weighted by atomic mass is 16.2. The molecule has 2 fully saturated rings. The molecule has 0 spiro atoms. The molecule has 2 N–H and O–H groups in total. The van der Waals surface area contributed by atoms with Crippen molar-refractivity contribution in [3.63, 3.8) is 0 Å². The van der Waals surface area contributed by atoms with Gasteiger partial charge in [-0.05, 0) is 58.4 Å². The maximum Gasteiger partial charge on any atom is 0.321 e. The van der Waals surface area contributed by atoms with E-state index in [1.165, 1.54) is 6.42 Å². The van der Waals surface area contributed by atoms with Crippen molar-refractivity contribution in [1.82, 2.24) is 15.1 Å². The van der Waals surface area contributed by atoms with Crippen molar-refractivity contribution < 1.29 is 9.59 Å². The van der Waals surface area contributed by atoms with E-state index in [0.29, 0.717) is 23.3 Å². The van der Waals surface area contributed by atoms with Gasteiger partial charge < -0.3 is 15.5 Å². The van der Waals surface area contributed by atoms with Crippen LogP contribution >= 0.6 is 0 Å². The minimum atomic E-state index is -0.125. The zero-order valence-corrected chi connectivity index (χ0v) is 15.3. The first-order chi connectivity index (χ1) is 11.9. The average molecular weight is 344 g/mol. The van der Waals surface area contributed by atoms with Gasteiger partial charge in [-0.15, -0.1) is 0 Å². The number of likely N-dealkylation sites (N-methyl/N-ethyl adjacent to an activating group) is 1. The van der Waals surface area contributed by atoms with Crippen LogP contribution in [0.1, 0.15) is 43.5 Å². The van der Waals surface area contributed by atoms with Gasteiger partial charge in [0.15, 0.2) is 0 Å². The number of carbonyl (C=O) groups excluding carboxylic acids is 2. The fourth-order valence-corrected chi connectivity index (χ4v) is 3.78. The number of hydrogen-bond acceptors (Lipinski definition) is 3. The summed E-state index contributed by atoms with van der Waals surface area (Å²) in [6.45, 7) is 5.40. The van der Waals surface area contributed by atoms with E-state index in [-0.39, 0.29) is 18.0 Å². The van der Waals surface area contributed by atoms with Gasteiger partial charge in [0.2, 0.25) is 0 Å². The summed E-state index contributed by atoms with van der Waals surface area (Å²) in [6, 6.07) is 8.16. The fourth-order valence-electron chi connectivity index (χ4n) is 3.78. The molecule has 0 aliphatic carbocycles. The van der Waals surface area contributed by atoms with Gasteiger partial charge in [-0.3, -0.25) is 9.69 Å². The van der Waals surface area contributed by atoms with Crippen molar-refractivity contribution >= 4 is 17.6 Å². The van der Waals surface area contributed by atoms with E-state index in [9.17, 15) is 9.59 Å². The van der Waals surface area contributed by atoms with Gasteiger partial charge in [-0.2, -0.15) is 0 Å². The molecule has 2 aliphatic rings. The smallest absolute Gasteiger partial charge is 0.321 e. The van der Waals surface area contributed by atoms with Crippen LogP contribution in [-0.4, -0.2) is 60.0 Å². The van der Waals surface area contributed by atoms with Crippen molar-refractivity contribution in [2.75, 3.05) is 25.5 Å². The number of urea groups is 1. The Morgan fingerprint density at radius 2 is 1.92 bits per heavy atom. The highest BCUT2D eigenvalue weighted by Crippen LogP contribution is 2.28. The molecule has 0 radical (unpaired) electrons. The van der Waals surface area contributed by atoms with Crippen molar-refractivity contribution in [3.8, 4) is 0 Å². The molecule has 2 atom stereocenters. The Morgan fingerprint density at radius 1 is 1.16 bits per heavy atom. The van der Waals surface area contributed by atoms with Crippen LogP contribution in [0, 0.1) is 0 Å². The lowest BCUT2D eigenvalue weighted by Gasteiger charge is -2.26. The van der Waals surface area contributed by atoms with Crippen molar-refractivity contribution in [2.45, 2.75) is 51.2 Å². The van der Waals surface area contributed by atoms with Gasteiger partial charge in [-0.1, -0.05) is 6.07 Å². The molecule has 2 heterocycles. The summed E-state index contributed by atoms with van der Waals surface area (Å²) in [7, 11) is 2.17. The summed E-state index contributed by atoms with van der Waals surface area (Å²) in [5.74, 6) is -0.125. The predicted molar refractivity (Wildman–Crippen MR) is 98.8 cm³/mol. The normalized spacial score (nSPS) is 23.4. The van der Waals surface area contributed by atoms with Crippen LogP contribution in [-0.2, 0) is 0 Å². The second kappa shape index (κ2) is 7.44. The highest BCUT2D eigenvalue weighted by molar-refractivity contribution is 5.97. The topological polar surface area (TPSA) is 64.7 Å². The second-order valence-electron chi connectivity index (χ2n) is 7.42. The van der Waals surface area contributed by atoms with Crippen LogP contribution in [0.2, 0.25) is 0 Å². The van der Waals surface area contributed by atoms with Crippen molar-refractivity contribution in [3.05, 3.63) is 29.8 Å². The number of nitrogens with zero attached hydrogens (tertiary/aromatic N) is 2. The minimum Gasteiger partial charge on any atom is -0.350 e. The number of likely N-dealkylation sites (tertiary alicyclic amines) is 1. The largest absolute Gasteiger partial charge is 0.350 e. The molecule has 1 aromatic carbocycles. The summed E-state index contributed by atoms with van der Waals surface area (Å²) in [5.41, 5.74) is 1.21. The number of hydrogen-bond donors (Lipinski definition) is 2. The van der Waals surface area contributed by atoms with E-state index in [1.54, 1.807) is 18.2 Å². The molecule has 2 bridgehead atoms. The molecule has 6 heteroatoms. The first kappa shape index (κ1) is 17.7. The summed E-state index contributed by atoms with van der Waals surface area (Å²) < 4.78 is 0. The number of nitrogens with one attached hydrogen (secondary N) is 2. The van der Waals surface area contributed by atoms with E-state index in [0.717, 1.165) is 25.9 Å². The van der Waals surface area contributed by atoms with Gasteiger partial charge in [0.1, 0.15) is 0 Å². The SMILES string of the molecule is CC(C)NC(=O)c1cccc(NC(=O)N2CC[C@@H]3CC[C@H](C2)N3C)c1. The molecule has 2 aliphatic heterocycles. The van der Waals surface area contributed by atoms with Crippen LogP contribution in [0.5, 0.6) is 0 Å². The van der Waals surface area contributed by atoms with Crippen LogP contribution in [0.15, 0.2) is 24.3 Å². The van der Waals surface area contributed by atoms with Gasteiger partial charge in [-0.25, -0.2) is 4.79 Å². The maximum absolute atomic E-state index is 12.7. The third-order valence-electron chi connectivity index (χ3n) is 5.23. The van der Waals surface area contributed by atoms with E-state index in [4.69, 9.17) is 0 Å². The van der Waals surface area contributed by atoms with E-state index >= 15 is 0 Å². The number of carbonyl (C=O) groups is 2. The summed E-state index contributed by atoms with van der Waals surface area (Å²) in [5, 5.41) is 5.82. The molecular formula is C19H28N4O2. The predicted octanol–water partition coefficient (Wildman–Crippen LogP) is 2.53. The van der Waals surface area contributed by atoms with Gasteiger partial charge >= 0.3 is 6.03 Å². The van der Waals surface area contributed by atoms with Crippen LogP contribution in [0.4, 0.5) is 10.5 Å². The second-order valence-corrected chi connectivity index (χ2v) is 7.42. The molecule has 3 amide bonds. The number of anilines is 1. The van der Waals surface area contributed by atoms with Crippen LogP contribution in [0.25, 0.3) is 0 Å². The highest BCUT2D eigenvalue weighted by Gasteiger charge is 2.35. The van der Waals surface area contributed by atoms with Gasteiger partial charge in [0.05, 0.1) is 0 Å². The monoisotopic (exact) mass is 344 g/mol. The van der Waals surface area contributed by atoms with Crippen LogP contribution < -0.4 is 10.6 Å². The average Bonchev–Trinajstić information content (AvgIpc) is 2.79. The Bertz CT molecular complexity index is 646. The molecule has 2 saturated heterocycles. The zero-order valence-electron chi connectivity index (χ0n) is 15.3. The first-order valence-corrected chi connectivity index (χ1v) is 9.13. The summed E-state index contributed by atoms with van der Waals surface area (Å²) in [6.07, 6.45) is 3.43.